The van der Waals surface area contributed by atoms with E-state index in [-0.39, 0.29) is 23.1 Å². The second kappa shape index (κ2) is 13.2. The number of morpholine rings is 1. The van der Waals surface area contributed by atoms with E-state index in [4.69, 9.17) is 14.2 Å². The molecule has 0 atom stereocenters. The topological polar surface area (TPSA) is 125 Å². The minimum Gasteiger partial charge on any atom is -0.379 e. The Balaban J connectivity index is 1.58. The maximum atomic E-state index is 13.2. The molecule has 1 aliphatic heterocycles. The molecule has 3 aromatic rings. The summed E-state index contributed by atoms with van der Waals surface area (Å²) in [5, 5.41) is 11.9. The first-order chi connectivity index (χ1) is 18.3. The first-order valence-electron chi connectivity index (χ1n) is 11.7. The molecule has 1 fully saturated rings. The van der Waals surface area contributed by atoms with Crippen molar-refractivity contribution in [2.45, 2.75) is 22.9 Å². The molecule has 204 valence electrons. The van der Waals surface area contributed by atoms with Crippen LogP contribution in [0.1, 0.15) is 0 Å². The molecule has 0 spiro atoms. The smallest absolute Gasteiger partial charge is 0.243 e. The Labute approximate surface area is 234 Å². The summed E-state index contributed by atoms with van der Waals surface area (Å²) in [6.45, 7) is 1.55. The predicted octanol–water partition coefficient (Wildman–Crippen LogP) is 3.08. The van der Waals surface area contributed by atoms with Crippen LogP contribution in [-0.4, -0.2) is 86.0 Å². The molecule has 0 bridgehead atoms. The fourth-order valence-corrected chi connectivity index (χ4v) is 6.23. The van der Waals surface area contributed by atoms with Gasteiger partial charge in [-0.25, -0.2) is 8.42 Å². The molecule has 0 saturated carbocycles. The highest BCUT2D eigenvalue weighted by Gasteiger charge is 2.27. The van der Waals surface area contributed by atoms with Crippen molar-refractivity contribution >= 4 is 49.3 Å². The van der Waals surface area contributed by atoms with Crippen LogP contribution >= 0.6 is 27.7 Å². The molecular formula is C24H28BrN5O6S2. The van der Waals surface area contributed by atoms with E-state index in [1.165, 1.54) is 30.3 Å². The van der Waals surface area contributed by atoms with Crippen LogP contribution in [0.2, 0.25) is 0 Å². The molecule has 1 aromatic heterocycles. The summed E-state index contributed by atoms with van der Waals surface area (Å²) < 4.78 is 46.6. The van der Waals surface area contributed by atoms with Crippen LogP contribution in [0.3, 0.4) is 0 Å². The molecule has 38 heavy (non-hydrogen) atoms. The number of nitrogens with zero attached hydrogens (tertiary/aromatic N) is 4. The fraction of sp³-hybridized carbons (Fsp3) is 0.375. The van der Waals surface area contributed by atoms with E-state index in [0.717, 1.165) is 4.47 Å². The highest BCUT2D eigenvalue weighted by atomic mass is 79.9. The standard InChI is InChI=1S/C24H28BrN5O6S2/c1-34-22(35-2)15-30-23(17-4-3-5-20(14-17)38(32,33)29-10-12-36-13-11-29)27-28-24(30)37-16-21(31)26-19-8-6-18(25)7-9-19/h3-9,14,22H,10-13,15-16H2,1-2H3,(H,26,31). The number of thioether (sulfide) groups is 1. The molecule has 0 unspecified atom stereocenters. The van der Waals surface area contributed by atoms with Gasteiger partial charge in [0, 0.05) is 43.0 Å². The van der Waals surface area contributed by atoms with Gasteiger partial charge in [0.15, 0.2) is 17.3 Å². The number of rotatable bonds is 11. The number of sulfonamides is 1. The van der Waals surface area contributed by atoms with Gasteiger partial charge in [-0.2, -0.15) is 4.31 Å². The van der Waals surface area contributed by atoms with Crippen LogP contribution in [0.15, 0.2) is 63.1 Å². The van der Waals surface area contributed by atoms with Crippen molar-refractivity contribution < 1.29 is 27.4 Å². The summed E-state index contributed by atoms with van der Waals surface area (Å²) in [5.74, 6) is 0.311. The van der Waals surface area contributed by atoms with Gasteiger partial charge in [-0.1, -0.05) is 39.8 Å². The summed E-state index contributed by atoms with van der Waals surface area (Å²) in [7, 11) is -0.659. The molecule has 0 aliphatic carbocycles. The van der Waals surface area contributed by atoms with Crippen molar-refractivity contribution in [3.63, 3.8) is 0 Å². The minimum atomic E-state index is -3.70. The molecule has 1 saturated heterocycles. The lowest BCUT2D eigenvalue weighted by molar-refractivity contribution is -0.113. The minimum absolute atomic E-state index is 0.0876. The van der Waals surface area contributed by atoms with Gasteiger partial charge >= 0.3 is 0 Å². The normalized spacial score (nSPS) is 14.6. The lowest BCUT2D eigenvalue weighted by Crippen LogP contribution is -2.40. The summed E-state index contributed by atoms with van der Waals surface area (Å²) in [5.41, 5.74) is 1.24. The van der Waals surface area contributed by atoms with E-state index in [9.17, 15) is 13.2 Å². The number of carbonyl (C=O) groups excluding carboxylic acids is 1. The van der Waals surface area contributed by atoms with Crippen molar-refractivity contribution in [3.05, 3.63) is 53.0 Å². The number of hydrogen-bond acceptors (Lipinski definition) is 9. The van der Waals surface area contributed by atoms with Crippen molar-refractivity contribution in [1.29, 1.82) is 0 Å². The number of ether oxygens (including phenoxy) is 3. The maximum absolute atomic E-state index is 13.2. The van der Waals surface area contributed by atoms with E-state index < -0.39 is 16.3 Å². The molecule has 0 radical (unpaired) electrons. The maximum Gasteiger partial charge on any atom is 0.243 e. The van der Waals surface area contributed by atoms with E-state index in [2.05, 4.69) is 31.4 Å². The average Bonchev–Trinajstić information content (AvgIpc) is 3.34. The lowest BCUT2D eigenvalue weighted by Gasteiger charge is -2.26. The van der Waals surface area contributed by atoms with Gasteiger partial charge < -0.3 is 19.5 Å². The number of anilines is 1. The highest BCUT2D eigenvalue weighted by molar-refractivity contribution is 9.10. The Kier molecular flexibility index (Phi) is 9.92. The van der Waals surface area contributed by atoms with Crippen molar-refractivity contribution in [2.75, 3.05) is 51.6 Å². The second-order valence-electron chi connectivity index (χ2n) is 8.21. The Hall–Kier alpha value is -2.33. The van der Waals surface area contributed by atoms with Crippen molar-refractivity contribution in [3.8, 4) is 11.4 Å². The first-order valence-corrected chi connectivity index (χ1v) is 14.9. The zero-order chi connectivity index (χ0) is 27.1. The van der Waals surface area contributed by atoms with E-state index in [1.807, 2.05) is 12.1 Å². The van der Waals surface area contributed by atoms with Gasteiger partial charge in [0.1, 0.15) is 0 Å². The summed E-state index contributed by atoms with van der Waals surface area (Å²) in [4.78, 5) is 12.7. The lowest BCUT2D eigenvalue weighted by atomic mass is 10.2. The zero-order valence-corrected chi connectivity index (χ0v) is 24.1. The van der Waals surface area contributed by atoms with Crippen LogP contribution in [0.4, 0.5) is 5.69 Å². The Morgan fingerprint density at radius 2 is 1.84 bits per heavy atom. The Morgan fingerprint density at radius 3 is 2.53 bits per heavy atom. The predicted molar refractivity (Wildman–Crippen MR) is 146 cm³/mol. The first kappa shape index (κ1) is 28.7. The molecule has 1 aliphatic rings. The number of amides is 1. The molecule has 2 heterocycles. The summed E-state index contributed by atoms with van der Waals surface area (Å²) in [6.07, 6.45) is -0.610. The molecule has 1 N–H and O–H groups in total. The van der Waals surface area contributed by atoms with Crippen LogP contribution in [0.5, 0.6) is 0 Å². The molecule has 14 heteroatoms. The second-order valence-corrected chi connectivity index (χ2v) is 12.0. The summed E-state index contributed by atoms with van der Waals surface area (Å²) >= 11 is 4.58. The van der Waals surface area contributed by atoms with E-state index in [0.29, 0.717) is 48.5 Å². The Bertz CT molecular complexity index is 1340. The van der Waals surface area contributed by atoms with Crippen molar-refractivity contribution in [2.24, 2.45) is 0 Å². The van der Waals surface area contributed by atoms with E-state index in [1.54, 1.807) is 41.0 Å². The fourth-order valence-electron chi connectivity index (χ4n) is 3.76. The molecule has 11 nitrogen and oxygen atoms in total. The van der Waals surface area contributed by atoms with Crippen LogP contribution in [0.25, 0.3) is 11.4 Å². The summed E-state index contributed by atoms with van der Waals surface area (Å²) in [6, 6.07) is 13.9. The highest BCUT2D eigenvalue weighted by Crippen LogP contribution is 2.28. The Morgan fingerprint density at radius 1 is 1.13 bits per heavy atom. The van der Waals surface area contributed by atoms with Gasteiger partial charge in [-0.15, -0.1) is 10.2 Å². The van der Waals surface area contributed by atoms with Gasteiger partial charge in [0.05, 0.1) is 30.4 Å². The zero-order valence-electron chi connectivity index (χ0n) is 20.9. The molecule has 1 amide bonds. The third-order valence-electron chi connectivity index (χ3n) is 5.73. The number of methoxy groups -OCH3 is 2. The quantitative estimate of drug-likeness (QED) is 0.253. The van der Waals surface area contributed by atoms with Gasteiger partial charge in [0.25, 0.3) is 0 Å². The van der Waals surface area contributed by atoms with Gasteiger partial charge in [-0.05, 0) is 36.4 Å². The SMILES string of the molecule is COC(Cn1c(SCC(=O)Nc2ccc(Br)cc2)nnc1-c1cccc(S(=O)(=O)N2CCOCC2)c1)OC. The molecular weight excluding hydrogens is 598 g/mol. The van der Waals surface area contributed by atoms with Crippen LogP contribution < -0.4 is 5.32 Å². The van der Waals surface area contributed by atoms with Gasteiger partial charge in [-0.3, -0.25) is 9.36 Å². The average molecular weight is 627 g/mol. The van der Waals surface area contributed by atoms with Gasteiger partial charge in [0.2, 0.25) is 15.9 Å². The molecule has 4 rings (SSSR count). The number of aromatic nitrogens is 3. The number of carbonyl (C=O) groups is 1. The molecule has 2 aromatic carbocycles. The third kappa shape index (κ3) is 7.00. The van der Waals surface area contributed by atoms with Crippen molar-refractivity contribution in [1.82, 2.24) is 19.1 Å². The third-order valence-corrected chi connectivity index (χ3v) is 9.12. The van der Waals surface area contributed by atoms with Crippen LogP contribution in [0, 0.1) is 0 Å². The number of halogens is 1. The number of benzene rings is 2. The number of hydrogen-bond donors (Lipinski definition) is 1. The number of nitrogens with one attached hydrogen (secondary N) is 1. The monoisotopic (exact) mass is 625 g/mol. The largest absolute Gasteiger partial charge is 0.379 e. The van der Waals surface area contributed by atoms with Crippen LogP contribution in [-0.2, 0) is 35.6 Å². The van der Waals surface area contributed by atoms with E-state index >= 15 is 0 Å².